The number of esters is 1. The molecule has 5 heteroatoms. The number of benzene rings is 1. The fourth-order valence-electron chi connectivity index (χ4n) is 2.92. The molecule has 0 amide bonds. The largest absolute Gasteiger partial charge is 0.464 e. The van der Waals surface area contributed by atoms with Crippen molar-refractivity contribution in [2.75, 3.05) is 7.11 Å². The maximum absolute atomic E-state index is 11.9. The monoisotopic (exact) mass is 323 g/mol. The first kappa shape index (κ1) is 14.0. The van der Waals surface area contributed by atoms with Crippen molar-refractivity contribution in [1.82, 2.24) is 5.16 Å². The molecule has 2 aromatic rings. The summed E-state index contributed by atoms with van der Waals surface area (Å²) in [6, 6.07) is 12.2. The lowest BCUT2D eigenvalue weighted by molar-refractivity contribution is 0.0585. The first-order valence-electron chi connectivity index (χ1n) is 7.14. The third-order valence-electron chi connectivity index (χ3n) is 3.99. The van der Waals surface area contributed by atoms with Gasteiger partial charge in [0.05, 0.1) is 7.11 Å². The third-order valence-corrected chi connectivity index (χ3v) is 4.95. The molecule has 2 aliphatic rings. The summed E-state index contributed by atoms with van der Waals surface area (Å²) in [5.41, 5.74) is 4.06. The quantitative estimate of drug-likeness (QED) is 0.499. The second kappa shape index (κ2) is 5.21. The molecule has 23 heavy (non-hydrogen) atoms. The summed E-state index contributed by atoms with van der Waals surface area (Å²) in [6.07, 6.45) is 0. The van der Waals surface area contributed by atoms with Gasteiger partial charge < -0.3 is 9.26 Å². The Morgan fingerprint density at radius 1 is 1.13 bits per heavy atom. The van der Waals surface area contributed by atoms with E-state index in [-0.39, 0.29) is 5.69 Å². The summed E-state index contributed by atoms with van der Waals surface area (Å²) in [7, 11) is 1.34. The van der Waals surface area contributed by atoms with Crippen LogP contribution in [0.2, 0.25) is 0 Å². The van der Waals surface area contributed by atoms with Gasteiger partial charge in [-0.25, -0.2) is 4.79 Å². The van der Waals surface area contributed by atoms with Crippen molar-refractivity contribution in [1.29, 1.82) is 0 Å². The van der Waals surface area contributed by atoms with Crippen LogP contribution in [0.3, 0.4) is 0 Å². The maximum Gasteiger partial charge on any atom is 0.360 e. The molecule has 0 unspecified atom stereocenters. The molecule has 0 saturated heterocycles. The van der Waals surface area contributed by atoms with E-state index in [1.54, 1.807) is 11.3 Å². The fraction of sp³-hybridized carbons (Fsp3) is 0.111. The molecule has 0 spiro atoms. The van der Waals surface area contributed by atoms with Crippen molar-refractivity contribution in [3.63, 3.8) is 0 Å². The van der Waals surface area contributed by atoms with Gasteiger partial charge in [-0.1, -0.05) is 35.5 Å². The van der Waals surface area contributed by atoms with E-state index in [4.69, 9.17) is 9.26 Å². The van der Waals surface area contributed by atoms with Gasteiger partial charge in [-0.3, -0.25) is 0 Å². The highest BCUT2D eigenvalue weighted by molar-refractivity contribution is 7.17. The molecule has 0 N–H and O–H groups in total. The lowest BCUT2D eigenvalue weighted by Crippen LogP contribution is -2.07. The first-order valence-corrected chi connectivity index (χ1v) is 8.02. The molecule has 114 valence electrons. The van der Waals surface area contributed by atoms with Crippen molar-refractivity contribution >= 4 is 27.4 Å². The minimum absolute atomic E-state index is 0.207. The summed E-state index contributed by atoms with van der Waals surface area (Å²) in [4.78, 5) is 11.9. The summed E-state index contributed by atoms with van der Waals surface area (Å²) >= 11 is 1.70. The third kappa shape index (κ3) is 2.04. The van der Waals surface area contributed by atoms with Crippen LogP contribution >= 0.6 is 11.3 Å². The van der Waals surface area contributed by atoms with Gasteiger partial charge >= 0.3 is 5.97 Å². The van der Waals surface area contributed by atoms with Crippen LogP contribution in [0.25, 0.3) is 32.3 Å². The Hall–Kier alpha value is -2.66. The van der Waals surface area contributed by atoms with Gasteiger partial charge in [0.2, 0.25) is 0 Å². The number of carbonyl (C=O) groups excluding carboxylic acids is 1. The van der Waals surface area contributed by atoms with Gasteiger partial charge in [0.1, 0.15) is 5.76 Å². The number of thiophene rings is 1. The molecule has 0 radical (unpaired) electrons. The number of hydrogen-bond acceptors (Lipinski definition) is 5. The molecular formula is C18H13NO3S. The molecule has 0 saturated carbocycles. The number of aromatic nitrogens is 1. The highest BCUT2D eigenvalue weighted by Gasteiger charge is 2.25. The molecule has 4 rings (SSSR count). The molecule has 0 atom stereocenters. The van der Waals surface area contributed by atoms with Crippen LogP contribution < -0.4 is 0 Å². The lowest BCUT2D eigenvalue weighted by atomic mass is 9.99. The van der Waals surface area contributed by atoms with Crippen molar-refractivity contribution in [2.24, 2.45) is 0 Å². The zero-order valence-electron chi connectivity index (χ0n) is 12.6. The molecule has 2 heterocycles. The Balaban J connectivity index is 1.97. The molecular weight excluding hydrogens is 310 g/mol. The average Bonchev–Trinajstić information content (AvgIpc) is 3.18. The van der Waals surface area contributed by atoms with Crippen LogP contribution in [0.15, 0.2) is 46.3 Å². The van der Waals surface area contributed by atoms with Crippen molar-refractivity contribution < 1.29 is 14.1 Å². The van der Waals surface area contributed by atoms with Crippen LogP contribution in [-0.4, -0.2) is 18.2 Å². The maximum atomic E-state index is 11.9. The number of ether oxygens (including phenoxy) is 1. The Bertz CT molecular complexity index is 999. The van der Waals surface area contributed by atoms with Crippen LogP contribution in [0, 0.1) is 6.92 Å². The molecule has 4 nitrogen and oxygen atoms in total. The second-order valence-corrected chi connectivity index (χ2v) is 6.17. The van der Waals surface area contributed by atoms with E-state index in [1.807, 2.05) is 31.2 Å². The zero-order chi connectivity index (χ0) is 16.0. The van der Waals surface area contributed by atoms with E-state index >= 15 is 0 Å². The molecule has 1 aromatic carbocycles. The Kier molecular flexibility index (Phi) is 3.16. The molecule has 1 aromatic heterocycles. The lowest BCUT2D eigenvalue weighted by Gasteiger charge is -2.09. The Morgan fingerprint density at radius 2 is 1.91 bits per heavy atom. The predicted molar refractivity (Wildman–Crippen MR) is 90.0 cm³/mol. The van der Waals surface area contributed by atoms with Gasteiger partial charge in [0.25, 0.3) is 0 Å². The minimum atomic E-state index is -0.494. The Labute approximate surface area is 136 Å². The number of methoxy groups -OCH3 is 1. The van der Waals surface area contributed by atoms with Crippen molar-refractivity contribution in [3.05, 3.63) is 53.2 Å². The van der Waals surface area contributed by atoms with E-state index in [2.05, 4.69) is 22.7 Å². The summed E-state index contributed by atoms with van der Waals surface area (Å²) < 4.78 is 11.4. The standard InChI is InChI=1S/C18H13NO3S/c1-10-16-12(14-9-23-15-6-4-3-5-11(14)15)7-8-13(16)17(19-22-10)18(20)21-2/h3-9H,1-2H3. The normalized spacial score (nSPS) is 11.2. The van der Waals surface area contributed by atoms with Crippen LogP contribution in [0.5, 0.6) is 0 Å². The van der Waals surface area contributed by atoms with E-state index < -0.39 is 5.97 Å². The van der Waals surface area contributed by atoms with E-state index in [0.717, 1.165) is 22.3 Å². The fourth-order valence-corrected chi connectivity index (χ4v) is 3.88. The highest BCUT2D eigenvalue weighted by atomic mass is 32.1. The number of aryl methyl sites for hydroxylation is 1. The number of fused-ring (bicyclic) bond motifs is 2. The SMILES string of the molecule is COC(=O)c1noc(C)c2c(-c3csc4ccccc34)ccc1-2. The summed E-state index contributed by atoms with van der Waals surface area (Å²) in [6.45, 7) is 1.86. The van der Waals surface area contributed by atoms with Gasteiger partial charge in [0.15, 0.2) is 5.69 Å². The van der Waals surface area contributed by atoms with E-state index in [0.29, 0.717) is 5.76 Å². The molecule has 1 aliphatic carbocycles. The summed E-state index contributed by atoms with van der Waals surface area (Å²) in [5.74, 6) is 0.189. The van der Waals surface area contributed by atoms with E-state index in [1.165, 1.54) is 17.2 Å². The summed E-state index contributed by atoms with van der Waals surface area (Å²) in [5, 5.41) is 7.22. The molecule has 0 bridgehead atoms. The molecule has 0 fully saturated rings. The molecule has 1 aliphatic heterocycles. The van der Waals surface area contributed by atoms with Crippen LogP contribution in [0.4, 0.5) is 0 Å². The number of nitrogens with zero attached hydrogens (tertiary/aromatic N) is 1. The average molecular weight is 323 g/mol. The number of carbonyl (C=O) groups is 1. The van der Waals surface area contributed by atoms with E-state index in [9.17, 15) is 4.79 Å². The minimum Gasteiger partial charge on any atom is -0.464 e. The van der Waals surface area contributed by atoms with Crippen molar-refractivity contribution in [3.8, 4) is 22.3 Å². The smallest absolute Gasteiger partial charge is 0.360 e. The van der Waals surface area contributed by atoms with Crippen LogP contribution in [0.1, 0.15) is 16.2 Å². The van der Waals surface area contributed by atoms with Crippen molar-refractivity contribution in [2.45, 2.75) is 6.92 Å². The predicted octanol–water partition coefficient (Wildman–Crippen LogP) is 4.76. The zero-order valence-corrected chi connectivity index (χ0v) is 13.4. The Morgan fingerprint density at radius 3 is 2.74 bits per heavy atom. The van der Waals surface area contributed by atoms with Gasteiger partial charge in [-0.2, -0.15) is 0 Å². The van der Waals surface area contributed by atoms with Gasteiger partial charge in [-0.15, -0.1) is 11.3 Å². The topological polar surface area (TPSA) is 52.3 Å². The number of hydrogen-bond donors (Lipinski definition) is 0. The van der Waals surface area contributed by atoms with Gasteiger partial charge in [0, 0.05) is 26.8 Å². The number of rotatable bonds is 2. The van der Waals surface area contributed by atoms with Crippen LogP contribution in [-0.2, 0) is 4.74 Å². The second-order valence-electron chi connectivity index (χ2n) is 5.26. The highest BCUT2D eigenvalue weighted by Crippen LogP contribution is 2.43. The first-order chi connectivity index (χ1) is 11.2. The van der Waals surface area contributed by atoms with Gasteiger partial charge in [-0.05, 0) is 23.9 Å².